The van der Waals surface area contributed by atoms with E-state index < -0.39 is 0 Å². The average molecular weight is 348 g/mol. The zero-order valence-corrected chi connectivity index (χ0v) is 16.0. The fourth-order valence-electron chi connectivity index (χ4n) is 3.60. The Morgan fingerprint density at radius 2 is 1.88 bits per heavy atom. The molecule has 0 bridgehead atoms. The van der Waals surface area contributed by atoms with Gasteiger partial charge in [0, 0.05) is 57.1 Å². The Labute approximate surface area is 152 Å². The molecule has 1 N–H and O–H groups in total. The van der Waals surface area contributed by atoms with Crippen LogP contribution in [0.1, 0.15) is 44.1 Å². The first-order valence-corrected chi connectivity index (χ1v) is 9.76. The smallest absolute Gasteiger partial charge is 0.132 e. The maximum Gasteiger partial charge on any atom is 0.132 e. The number of rotatable bonds is 6. The maximum atomic E-state index is 5.40. The minimum Gasteiger partial charge on any atom is -0.379 e. The number of morpholine rings is 1. The predicted octanol–water partition coefficient (Wildman–Crippen LogP) is 1.80. The van der Waals surface area contributed by atoms with E-state index in [-0.39, 0.29) is 0 Å². The molecule has 140 valence electrons. The van der Waals surface area contributed by atoms with Crippen LogP contribution >= 0.6 is 0 Å². The predicted molar refractivity (Wildman–Crippen MR) is 101 cm³/mol. The quantitative estimate of drug-likeness (QED) is 0.847. The third-order valence-electron chi connectivity index (χ3n) is 5.22. The normalized spacial score (nSPS) is 20.4. The van der Waals surface area contributed by atoms with Gasteiger partial charge in [0.1, 0.15) is 11.6 Å². The van der Waals surface area contributed by atoms with E-state index in [9.17, 15) is 0 Å². The number of hydrogen-bond acceptors (Lipinski definition) is 6. The molecule has 25 heavy (non-hydrogen) atoms. The molecular formula is C19H33N5O. The van der Waals surface area contributed by atoms with E-state index in [4.69, 9.17) is 4.74 Å². The highest BCUT2D eigenvalue weighted by atomic mass is 16.5. The number of anilines is 1. The lowest BCUT2D eigenvalue weighted by molar-refractivity contribution is 0.0380. The number of aryl methyl sites for hydroxylation is 1. The van der Waals surface area contributed by atoms with E-state index in [1.54, 1.807) is 0 Å². The van der Waals surface area contributed by atoms with Gasteiger partial charge >= 0.3 is 0 Å². The summed E-state index contributed by atoms with van der Waals surface area (Å²) in [6, 6.07) is 2.80. The third kappa shape index (κ3) is 5.36. The molecule has 0 spiro atoms. The van der Waals surface area contributed by atoms with Crippen molar-refractivity contribution in [3.8, 4) is 0 Å². The van der Waals surface area contributed by atoms with Gasteiger partial charge in [-0.2, -0.15) is 0 Å². The SMILES string of the molecule is Cc1nc(C(C)C)cc(N2CCC(NCCN3CCOCC3)CC2)n1. The van der Waals surface area contributed by atoms with Crippen molar-refractivity contribution >= 4 is 5.82 Å². The molecule has 6 heteroatoms. The van der Waals surface area contributed by atoms with Crippen LogP contribution in [0.4, 0.5) is 5.82 Å². The van der Waals surface area contributed by atoms with Gasteiger partial charge in [-0.05, 0) is 25.7 Å². The Morgan fingerprint density at radius 3 is 2.56 bits per heavy atom. The lowest BCUT2D eigenvalue weighted by atomic mass is 10.0. The Bertz CT molecular complexity index is 537. The molecule has 0 saturated carbocycles. The summed E-state index contributed by atoms with van der Waals surface area (Å²) >= 11 is 0. The van der Waals surface area contributed by atoms with Crippen molar-refractivity contribution in [2.24, 2.45) is 0 Å². The molecule has 0 atom stereocenters. The van der Waals surface area contributed by atoms with Crippen molar-refractivity contribution < 1.29 is 4.74 Å². The summed E-state index contributed by atoms with van der Waals surface area (Å²) in [4.78, 5) is 14.1. The van der Waals surface area contributed by atoms with Crippen LogP contribution in [-0.2, 0) is 4.74 Å². The largest absolute Gasteiger partial charge is 0.379 e. The van der Waals surface area contributed by atoms with Gasteiger partial charge in [0.25, 0.3) is 0 Å². The van der Waals surface area contributed by atoms with Gasteiger partial charge in [-0.25, -0.2) is 9.97 Å². The third-order valence-corrected chi connectivity index (χ3v) is 5.22. The van der Waals surface area contributed by atoms with Gasteiger partial charge in [-0.1, -0.05) is 13.8 Å². The molecule has 0 aromatic carbocycles. The van der Waals surface area contributed by atoms with Crippen LogP contribution in [0, 0.1) is 6.92 Å². The highest BCUT2D eigenvalue weighted by Crippen LogP contribution is 2.22. The molecule has 2 aliphatic heterocycles. The first-order valence-electron chi connectivity index (χ1n) is 9.76. The highest BCUT2D eigenvalue weighted by molar-refractivity contribution is 5.41. The van der Waals surface area contributed by atoms with E-state index in [1.807, 2.05) is 6.92 Å². The van der Waals surface area contributed by atoms with Crippen molar-refractivity contribution in [1.29, 1.82) is 0 Å². The summed E-state index contributed by atoms with van der Waals surface area (Å²) in [5, 5.41) is 3.74. The van der Waals surface area contributed by atoms with Gasteiger partial charge < -0.3 is 15.0 Å². The molecule has 2 aliphatic rings. The first kappa shape index (κ1) is 18.5. The van der Waals surface area contributed by atoms with Crippen LogP contribution < -0.4 is 10.2 Å². The molecule has 0 amide bonds. The summed E-state index contributed by atoms with van der Waals surface area (Å²) in [5.41, 5.74) is 1.15. The molecule has 6 nitrogen and oxygen atoms in total. The summed E-state index contributed by atoms with van der Waals surface area (Å²) in [6.45, 7) is 14.6. The standard InChI is InChI=1S/C19H33N5O/c1-15(2)18-14-19(22-16(3)21-18)24-7-4-17(5-8-24)20-6-9-23-10-12-25-13-11-23/h14-15,17,20H,4-13H2,1-3H3. The van der Waals surface area contributed by atoms with Gasteiger partial charge in [-0.3, -0.25) is 4.90 Å². The molecule has 1 aromatic rings. The monoisotopic (exact) mass is 347 g/mol. The van der Waals surface area contributed by atoms with Crippen molar-refractivity contribution in [2.75, 3.05) is 57.4 Å². The Hall–Kier alpha value is -1.24. The number of nitrogens with one attached hydrogen (secondary N) is 1. The van der Waals surface area contributed by atoms with Crippen molar-refractivity contribution in [1.82, 2.24) is 20.2 Å². The van der Waals surface area contributed by atoms with E-state index in [2.05, 4.69) is 45.0 Å². The molecule has 0 aliphatic carbocycles. The minimum absolute atomic E-state index is 0.444. The summed E-state index contributed by atoms with van der Waals surface area (Å²) in [7, 11) is 0. The van der Waals surface area contributed by atoms with Crippen molar-refractivity contribution in [3.63, 3.8) is 0 Å². The molecule has 2 fully saturated rings. The van der Waals surface area contributed by atoms with E-state index in [0.29, 0.717) is 12.0 Å². The molecule has 0 unspecified atom stereocenters. The number of piperidine rings is 1. The van der Waals surface area contributed by atoms with Crippen LogP contribution in [0.5, 0.6) is 0 Å². The van der Waals surface area contributed by atoms with Crippen molar-refractivity contribution in [3.05, 3.63) is 17.6 Å². The van der Waals surface area contributed by atoms with Gasteiger partial charge in [0.05, 0.1) is 13.2 Å². The van der Waals surface area contributed by atoms with E-state index in [1.165, 1.54) is 12.8 Å². The van der Waals surface area contributed by atoms with Crippen LogP contribution in [0.2, 0.25) is 0 Å². The lowest BCUT2D eigenvalue weighted by Gasteiger charge is -2.34. The minimum atomic E-state index is 0.444. The van der Waals surface area contributed by atoms with Gasteiger partial charge in [0.15, 0.2) is 0 Å². The fraction of sp³-hybridized carbons (Fsp3) is 0.789. The van der Waals surface area contributed by atoms with Crippen LogP contribution in [-0.4, -0.2) is 73.4 Å². The zero-order chi connectivity index (χ0) is 17.6. The second kappa shape index (κ2) is 8.92. The highest BCUT2D eigenvalue weighted by Gasteiger charge is 2.21. The second-order valence-corrected chi connectivity index (χ2v) is 7.52. The lowest BCUT2D eigenvalue weighted by Crippen LogP contribution is -2.46. The van der Waals surface area contributed by atoms with E-state index in [0.717, 1.165) is 69.8 Å². The van der Waals surface area contributed by atoms with Gasteiger partial charge in [0.2, 0.25) is 0 Å². The topological polar surface area (TPSA) is 53.5 Å². The van der Waals surface area contributed by atoms with Crippen molar-refractivity contribution in [2.45, 2.75) is 45.6 Å². The zero-order valence-electron chi connectivity index (χ0n) is 16.0. The fourth-order valence-corrected chi connectivity index (χ4v) is 3.60. The Kier molecular flexibility index (Phi) is 6.62. The number of aromatic nitrogens is 2. The molecule has 2 saturated heterocycles. The van der Waals surface area contributed by atoms with Crippen LogP contribution in [0.25, 0.3) is 0 Å². The molecular weight excluding hydrogens is 314 g/mol. The molecule has 3 rings (SSSR count). The Balaban J connectivity index is 1.44. The van der Waals surface area contributed by atoms with E-state index >= 15 is 0 Å². The molecule has 1 aromatic heterocycles. The molecule has 3 heterocycles. The molecule has 0 radical (unpaired) electrons. The van der Waals surface area contributed by atoms with Crippen LogP contribution in [0.3, 0.4) is 0 Å². The maximum absolute atomic E-state index is 5.40. The van der Waals surface area contributed by atoms with Crippen LogP contribution in [0.15, 0.2) is 6.07 Å². The summed E-state index contributed by atoms with van der Waals surface area (Å²) in [5.74, 6) is 2.43. The average Bonchev–Trinajstić information content (AvgIpc) is 2.62. The summed E-state index contributed by atoms with van der Waals surface area (Å²) < 4.78 is 5.40. The Morgan fingerprint density at radius 1 is 1.16 bits per heavy atom. The number of nitrogens with zero attached hydrogens (tertiary/aromatic N) is 4. The van der Waals surface area contributed by atoms with Gasteiger partial charge in [-0.15, -0.1) is 0 Å². The summed E-state index contributed by atoms with van der Waals surface area (Å²) in [6.07, 6.45) is 2.37. The number of ether oxygens (including phenoxy) is 1. The second-order valence-electron chi connectivity index (χ2n) is 7.52. The first-order chi connectivity index (χ1) is 12.1. The number of hydrogen-bond donors (Lipinski definition) is 1.